The van der Waals surface area contributed by atoms with Gasteiger partial charge in [0.05, 0.1) is 30.7 Å². The number of nitro groups is 1. The van der Waals surface area contributed by atoms with Gasteiger partial charge < -0.3 is 14.8 Å². The Kier molecular flexibility index (Phi) is 8.82. The first-order valence-corrected chi connectivity index (χ1v) is 12.9. The van der Waals surface area contributed by atoms with Crippen molar-refractivity contribution in [1.82, 2.24) is 10.2 Å². The van der Waals surface area contributed by atoms with Crippen LogP contribution in [0.15, 0.2) is 54.6 Å². The number of hydrogen-bond donors (Lipinski definition) is 1. The molecule has 0 bridgehead atoms. The number of carbonyl (C=O) groups excluding carboxylic acids is 2. The van der Waals surface area contributed by atoms with Gasteiger partial charge in [0.15, 0.2) is 5.82 Å². The summed E-state index contributed by atoms with van der Waals surface area (Å²) in [5.74, 6) is -2.17. The Hall–Kier alpha value is -4.98. The minimum absolute atomic E-state index is 0.00534. The predicted octanol–water partition coefficient (Wildman–Crippen LogP) is 6.12. The lowest BCUT2D eigenvalue weighted by Gasteiger charge is -2.22. The maximum Gasteiger partial charge on any atom is 0.415 e. The molecule has 14 heteroatoms. The van der Waals surface area contributed by atoms with Crippen LogP contribution in [0.2, 0.25) is 0 Å². The topological polar surface area (TPSA) is 137 Å². The average molecular weight is 584 g/mol. The summed E-state index contributed by atoms with van der Waals surface area (Å²) in [5.41, 5.74) is 0.383. The number of anilines is 2. The molecule has 0 atom stereocenters. The second-order valence-corrected chi connectivity index (χ2v) is 9.44. The summed E-state index contributed by atoms with van der Waals surface area (Å²) in [4.78, 5) is 38.9. The molecule has 2 amide bonds. The van der Waals surface area contributed by atoms with Gasteiger partial charge in [0.25, 0.3) is 11.6 Å². The van der Waals surface area contributed by atoms with Gasteiger partial charge in [0, 0.05) is 28.6 Å². The number of amides is 2. The number of nitro benzene ring substituents is 1. The summed E-state index contributed by atoms with van der Waals surface area (Å²) in [5, 5.41) is 21.5. The zero-order valence-electron chi connectivity index (χ0n) is 22.0. The minimum Gasteiger partial charge on any atom is -0.480 e. The Labute approximate surface area is 236 Å². The predicted molar refractivity (Wildman–Crippen MR) is 147 cm³/mol. The number of hydrogen-bond acceptors (Lipinski definition) is 9. The zero-order chi connectivity index (χ0) is 29.7. The van der Waals surface area contributed by atoms with Crippen LogP contribution in [0.3, 0.4) is 0 Å². The summed E-state index contributed by atoms with van der Waals surface area (Å²) in [6.45, 7) is 2.56. The van der Waals surface area contributed by atoms with Crippen LogP contribution in [-0.2, 0) is 11.3 Å². The summed E-state index contributed by atoms with van der Waals surface area (Å²) in [7, 11) is 1.41. The van der Waals surface area contributed by atoms with E-state index in [2.05, 4.69) is 15.5 Å². The molecule has 0 fully saturated rings. The normalized spacial score (nSPS) is 10.7. The van der Waals surface area contributed by atoms with E-state index in [1.54, 1.807) is 13.8 Å². The van der Waals surface area contributed by atoms with Gasteiger partial charge in [0.2, 0.25) is 5.88 Å². The van der Waals surface area contributed by atoms with Crippen molar-refractivity contribution < 1.29 is 32.8 Å². The Balaban J connectivity index is 1.86. The number of methoxy groups -OCH3 is 1. The summed E-state index contributed by atoms with van der Waals surface area (Å²) in [6, 6.07) is 11.9. The standard InChI is InChI=1S/C27H23F2N5O6S/c1-4-40-27(36)33(14-18-19(28)6-5-7-20(18)29)26-23(25(35)30-21-12-13-22(39-3)32-31-21)15(2)24(41-26)16-8-10-17(11-9-16)34(37)38/h5-13H,4,14H2,1-3H3,(H,30,31,35). The first kappa shape index (κ1) is 29.0. The van der Waals surface area contributed by atoms with Gasteiger partial charge in [-0.05, 0) is 55.3 Å². The van der Waals surface area contributed by atoms with Gasteiger partial charge in [-0.15, -0.1) is 21.5 Å². The molecule has 0 radical (unpaired) electrons. The first-order chi connectivity index (χ1) is 19.6. The van der Waals surface area contributed by atoms with E-state index in [9.17, 15) is 28.5 Å². The molecule has 11 nitrogen and oxygen atoms in total. The van der Waals surface area contributed by atoms with Crippen molar-refractivity contribution in [2.45, 2.75) is 20.4 Å². The van der Waals surface area contributed by atoms with Crippen LogP contribution in [0.4, 0.5) is 30.1 Å². The van der Waals surface area contributed by atoms with Gasteiger partial charge in [-0.3, -0.25) is 19.8 Å². The molecule has 4 rings (SSSR count). The van der Waals surface area contributed by atoms with Crippen LogP contribution in [0, 0.1) is 28.7 Å². The molecule has 2 aromatic carbocycles. The van der Waals surface area contributed by atoms with Crippen molar-refractivity contribution in [2.75, 3.05) is 23.9 Å². The number of halogens is 2. The molecule has 0 aliphatic rings. The molecule has 0 aliphatic carbocycles. The lowest BCUT2D eigenvalue weighted by Crippen LogP contribution is -2.33. The minimum atomic E-state index is -0.940. The number of non-ortho nitro benzene ring substituents is 1. The number of benzene rings is 2. The molecular weight excluding hydrogens is 560 g/mol. The van der Waals surface area contributed by atoms with Crippen molar-refractivity contribution in [2.24, 2.45) is 0 Å². The second-order valence-electron chi connectivity index (χ2n) is 8.44. The average Bonchev–Trinajstić information content (AvgIpc) is 3.30. The van der Waals surface area contributed by atoms with Crippen LogP contribution in [0.1, 0.15) is 28.4 Å². The Morgan fingerprint density at radius 1 is 1.07 bits per heavy atom. The van der Waals surface area contributed by atoms with Gasteiger partial charge >= 0.3 is 6.09 Å². The van der Waals surface area contributed by atoms with Crippen molar-refractivity contribution >= 4 is 39.8 Å². The first-order valence-electron chi connectivity index (χ1n) is 12.1. The zero-order valence-corrected chi connectivity index (χ0v) is 22.8. The SMILES string of the molecule is CCOC(=O)N(Cc1c(F)cccc1F)c1sc(-c2ccc([N+](=O)[O-])cc2)c(C)c1C(=O)Nc1ccc(OC)nn1. The molecule has 212 valence electrons. The molecule has 1 N–H and O–H groups in total. The third-order valence-corrected chi connectivity index (χ3v) is 7.26. The van der Waals surface area contributed by atoms with Crippen LogP contribution in [-0.4, -0.2) is 40.8 Å². The summed E-state index contributed by atoms with van der Waals surface area (Å²) in [6.07, 6.45) is -0.940. The largest absolute Gasteiger partial charge is 0.480 e. The van der Waals surface area contributed by atoms with Crippen LogP contribution in [0.5, 0.6) is 5.88 Å². The number of carbonyl (C=O) groups is 2. The molecule has 41 heavy (non-hydrogen) atoms. The Morgan fingerprint density at radius 3 is 2.32 bits per heavy atom. The molecule has 0 aliphatic heterocycles. The third kappa shape index (κ3) is 6.27. The van der Waals surface area contributed by atoms with Gasteiger partial charge in [0.1, 0.15) is 16.6 Å². The maximum absolute atomic E-state index is 14.7. The molecule has 0 saturated heterocycles. The van der Waals surface area contributed by atoms with Crippen molar-refractivity contribution in [3.63, 3.8) is 0 Å². The van der Waals surface area contributed by atoms with E-state index in [0.717, 1.165) is 28.4 Å². The van der Waals surface area contributed by atoms with Gasteiger partial charge in [-0.2, -0.15) is 0 Å². The highest BCUT2D eigenvalue weighted by atomic mass is 32.1. The Bertz CT molecular complexity index is 1570. The van der Waals surface area contributed by atoms with Gasteiger partial charge in [-0.25, -0.2) is 13.6 Å². The fourth-order valence-corrected chi connectivity index (χ4v) is 5.20. The molecule has 4 aromatic rings. The molecule has 2 heterocycles. The van der Waals surface area contributed by atoms with E-state index >= 15 is 0 Å². The van der Waals surface area contributed by atoms with Gasteiger partial charge in [-0.1, -0.05) is 6.07 Å². The van der Waals surface area contributed by atoms with Crippen molar-refractivity contribution in [3.8, 4) is 16.3 Å². The van der Waals surface area contributed by atoms with Crippen LogP contribution in [0.25, 0.3) is 10.4 Å². The quantitative estimate of drug-likeness (QED) is 0.184. The fraction of sp³-hybridized carbons (Fsp3) is 0.185. The monoisotopic (exact) mass is 583 g/mol. The number of aromatic nitrogens is 2. The van der Waals surface area contributed by atoms with E-state index in [4.69, 9.17) is 9.47 Å². The molecule has 0 unspecified atom stereocenters. The van der Waals surface area contributed by atoms with Crippen molar-refractivity contribution in [1.29, 1.82) is 0 Å². The van der Waals surface area contributed by atoms with Crippen LogP contribution < -0.4 is 15.0 Å². The highest BCUT2D eigenvalue weighted by molar-refractivity contribution is 7.20. The van der Waals surface area contributed by atoms with E-state index in [1.165, 1.54) is 49.6 Å². The number of nitrogens with one attached hydrogen (secondary N) is 1. The number of nitrogens with zero attached hydrogens (tertiary/aromatic N) is 4. The van der Waals surface area contributed by atoms with E-state index in [0.29, 0.717) is 16.0 Å². The summed E-state index contributed by atoms with van der Waals surface area (Å²) < 4.78 is 39.5. The number of thiophene rings is 1. The molecule has 2 aromatic heterocycles. The second kappa shape index (κ2) is 12.5. The fourth-order valence-electron chi connectivity index (χ4n) is 3.90. The number of ether oxygens (including phenoxy) is 2. The van der Waals surface area contributed by atoms with Crippen molar-refractivity contribution in [3.05, 3.63) is 93.0 Å². The molecule has 0 spiro atoms. The van der Waals surface area contributed by atoms with Crippen LogP contribution >= 0.6 is 11.3 Å². The van der Waals surface area contributed by atoms with E-state index in [-0.39, 0.29) is 34.6 Å². The highest BCUT2D eigenvalue weighted by Crippen LogP contribution is 2.43. The highest BCUT2D eigenvalue weighted by Gasteiger charge is 2.31. The smallest absolute Gasteiger partial charge is 0.415 e. The van der Waals surface area contributed by atoms with E-state index in [1.807, 2.05) is 0 Å². The summed E-state index contributed by atoms with van der Waals surface area (Å²) >= 11 is 0.985. The molecule has 0 saturated carbocycles. The Morgan fingerprint density at radius 2 is 1.76 bits per heavy atom. The third-order valence-electron chi connectivity index (χ3n) is 5.90. The number of rotatable bonds is 9. The maximum atomic E-state index is 14.7. The lowest BCUT2D eigenvalue weighted by atomic mass is 10.1. The van der Waals surface area contributed by atoms with E-state index < -0.39 is 40.7 Å². The molecular formula is C27H23F2N5O6S. The lowest BCUT2D eigenvalue weighted by molar-refractivity contribution is -0.384.